The van der Waals surface area contributed by atoms with Gasteiger partial charge in [0.1, 0.15) is 6.04 Å². The summed E-state index contributed by atoms with van der Waals surface area (Å²) in [4.78, 5) is 28.6. The van der Waals surface area contributed by atoms with Crippen LogP contribution >= 0.6 is 0 Å². The van der Waals surface area contributed by atoms with Crippen LogP contribution in [0.5, 0.6) is 11.5 Å². The van der Waals surface area contributed by atoms with Crippen LogP contribution in [0.1, 0.15) is 39.2 Å². The molecule has 1 atom stereocenters. The van der Waals surface area contributed by atoms with E-state index in [4.69, 9.17) is 9.47 Å². The van der Waals surface area contributed by atoms with E-state index < -0.39 is 0 Å². The van der Waals surface area contributed by atoms with Gasteiger partial charge in [-0.2, -0.15) is 0 Å². The molecule has 0 unspecified atom stereocenters. The fourth-order valence-electron chi connectivity index (χ4n) is 3.61. The molecule has 1 fully saturated rings. The first-order chi connectivity index (χ1) is 12.0. The molecule has 0 spiro atoms. The first-order valence-corrected chi connectivity index (χ1v) is 8.91. The van der Waals surface area contributed by atoms with Gasteiger partial charge in [-0.25, -0.2) is 0 Å². The molecule has 2 heterocycles. The Balaban J connectivity index is 1.81. The molecule has 25 heavy (non-hydrogen) atoms. The summed E-state index contributed by atoms with van der Waals surface area (Å²) in [5.41, 5.74) is 0.941. The van der Waals surface area contributed by atoms with E-state index in [1.165, 1.54) is 6.92 Å². The second-order valence-electron chi connectivity index (χ2n) is 7.13. The number of carbonyl (C=O) groups is 2. The van der Waals surface area contributed by atoms with Crippen molar-refractivity contribution in [1.29, 1.82) is 0 Å². The summed E-state index contributed by atoms with van der Waals surface area (Å²) in [6.45, 7) is 7.70. The number of para-hydroxylation sites is 1. The Morgan fingerprint density at radius 3 is 2.84 bits per heavy atom. The zero-order valence-corrected chi connectivity index (χ0v) is 15.2. The molecule has 0 N–H and O–H groups in total. The van der Waals surface area contributed by atoms with Gasteiger partial charge in [0.25, 0.3) is 0 Å². The van der Waals surface area contributed by atoms with Crippen molar-refractivity contribution < 1.29 is 19.1 Å². The second-order valence-corrected chi connectivity index (χ2v) is 7.13. The molecule has 3 rings (SSSR count). The summed E-state index contributed by atoms with van der Waals surface area (Å²) in [5, 5.41) is 0. The first kappa shape index (κ1) is 17.6. The van der Waals surface area contributed by atoms with Crippen molar-refractivity contribution in [2.24, 2.45) is 5.92 Å². The van der Waals surface area contributed by atoms with Crippen molar-refractivity contribution in [2.45, 2.75) is 46.2 Å². The van der Waals surface area contributed by atoms with Crippen LogP contribution < -0.4 is 9.47 Å². The van der Waals surface area contributed by atoms with Crippen LogP contribution in [0.4, 0.5) is 0 Å². The minimum Gasteiger partial charge on any atom is -0.454 e. The van der Waals surface area contributed by atoms with Crippen molar-refractivity contribution in [1.82, 2.24) is 9.80 Å². The number of hydrogen-bond donors (Lipinski definition) is 0. The van der Waals surface area contributed by atoms with E-state index in [9.17, 15) is 9.59 Å². The Morgan fingerprint density at radius 2 is 2.12 bits per heavy atom. The minimum absolute atomic E-state index is 0.0259. The van der Waals surface area contributed by atoms with Gasteiger partial charge in [-0.1, -0.05) is 26.0 Å². The molecule has 2 aliphatic heterocycles. The van der Waals surface area contributed by atoms with Crippen LogP contribution in [-0.2, 0) is 16.1 Å². The van der Waals surface area contributed by atoms with E-state index in [0.717, 1.165) is 29.9 Å². The Morgan fingerprint density at radius 1 is 1.32 bits per heavy atom. The predicted molar refractivity (Wildman–Crippen MR) is 93.2 cm³/mol. The zero-order chi connectivity index (χ0) is 18.0. The fraction of sp³-hybridized carbons (Fsp3) is 0.579. The second kappa shape index (κ2) is 7.33. The SMILES string of the molecule is CC(=O)N1CCC[C@H]1C(=O)N(Cc1cccc2c1OCO2)CC(C)C. The number of nitrogens with zero attached hydrogens (tertiary/aromatic N) is 2. The Kier molecular flexibility index (Phi) is 5.16. The average Bonchev–Trinajstić information content (AvgIpc) is 3.22. The number of likely N-dealkylation sites (tertiary alicyclic amines) is 1. The van der Waals surface area contributed by atoms with Crippen molar-refractivity contribution in [2.75, 3.05) is 19.9 Å². The third kappa shape index (κ3) is 3.72. The number of fused-ring (bicyclic) bond motifs is 1. The molecular weight excluding hydrogens is 320 g/mol. The monoisotopic (exact) mass is 346 g/mol. The third-order valence-corrected chi connectivity index (χ3v) is 4.68. The van der Waals surface area contributed by atoms with E-state index in [0.29, 0.717) is 25.6 Å². The highest BCUT2D eigenvalue weighted by molar-refractivity contribution is 5.87. The van der Waals surface area contributed by atoms with E-state index in [2.05, 4.69) is 13.8 Å². The molecule has 1 saturated heterocycles. The minimum atomic E-state index is -0.342. The molecule has 0 aromatic heterocycles. The maximum atomic E-state index is 13.2. The van der Waals surface area contributed by atoms with Gasteiger partial charge in [0.2, 0.25) is 18.6 Å². The molecule has 0 radical (unpaired) electrons. The average molecular weight is 346 g/mol. The van der Waals surface area contributed by atoms with Crippen LogP contribution in [-0.4, -0.2) is 47.5 Å². The molecule has 0 saturated carbocycles. The normalized spacial score (nSPS) is 18.7. The maximum absolute atomic E-state index is 13.2. The Hall–Kier alpha value is -2.24. The van der Waals surface area contributed by atoms with E-state index >= 15 is 0 Å². The van der Waals surface area contributed by atoms with Crippen LogP contribution in [0.25, 0.3) is 0 Å². The Bertz CT molecular complexity index is 659. The summed E-state index contributed by atoms with van der Waals surface area (Å²) in [6.07, 6.45) is 1.61. The van der Waals surface area contributed by atoms with Gasteiger partial charge in [0.05, 0.1) is 0 Å². The van der Waals surface area contributed by atoms with E-state index in [1.807, 2.05) is 23.1 Å². The first-order valence-electron chi connectivity index (χ1n) is 8.91. The molecule has 0 aliphatic carbocycles. The molecule has 6 heteroatoms. The molecule has 6 nitrogen and oxygen atoms in total. The lowest BCUT2D eigenvalue weighted by molar-refractivity contribution is -0.143. The van der Waals surface area contributed by atoms with Gasteiger partial charge < -0.3 is 19.3 Å². The lowest BCUT2D eigenvalue weighted by Crippen LogP contribution is -2.47. The number of benzene rings is 1. The maximum Gasteiger partial charge on any atom is 0.245 e. The molecule has 0 bridgehead atoms. The predicted octanol–water partition coefficient (Wildman–Crippen LogP) is 2.41. The van der Waals surface area contributed by atoms with Crippen molar-refractivity contribution in [3.63, 3.8) is 0 Å². The lowest BCUT2D eigenvalue weighted by Gasteiger charge is -2.31. The molecule has 1 aromatic rings. The quantitative estimate of drug-likeness (QED) is 0.821. The fourth-order valence-corrected chi connectivity index (χ4v) is 3.61. The number of hydrogen-bond acceptors (Lipinski definition) is 4. The van der Waals surface area contributed by atoms with Crippen LogP contribution in [0, 0.1) is 5.92 Å². The smallest absolute Gasteiger partial charge is 0.245 e. The number of ether oxygens (including phenoxy) is 2. The summed E-state index contributed by atoms with van der Waals surface area (Å²) in [6, 6.07) is 5.41. The third-order valence-electron chi connectivity index (χ3n) is 4.68. The van der Waals surface area contributed by atoms with Gasteiger partial charge >= 0.3 is 0 Å². The highest BCUT2D eigenvalue weighted by atomic mass is 16.7. The summed E-state index contributed by atoms with van der Waals surface area (Å²) in [5.74, 6) is 1.78. The standard InChI is InChI=1S/C19H26N2O4/c1-13(2)10-20(19(23)16-7-5-9-21(16)14(3)22)11-15-6-4-8-17-18(15)25-12-24-17/h4,6,8,13,16H,5,7,9-12H2,1-3H3/t16-/m0/s1. The number of carbonyl (C=O) groups excluding carboxylic acids is 2. The topological polar surface area (TPSA) is 59.1 Å². The number of rotatable bonds is 5. The highest BCUT2D eigenvalue weighted by Crippen LogP contribution is 2.36. The van der Waals surface area contributed by atoms with Gasteiger partial charge in [-0.3, -0.25) is 9.59 Å². The lowest BCUT2D eigenvalue weighted by atomic mass is 10.1. The van der Waals surface area contributed by atoms with Crippen LogP contribution in [0.3, 0.4) is 0 Å². The van der Waals surface area contributed by atoms with Gasteiger partial charge in [-0.05, 0) is 24.8 Å². The molecule has 136 valence electrons. The van der Waals surface area contributed by atoms with E-state index in [-0.39, 0.29) is 24.6 Å². The van der Waals surface area contributed by atoms with Gasteiger partial charge in [-0.15, -0.1) is 0 Å². The van der Waals surface area contributed by atoms with Gasteiger partial charge in [0.15, 0.2) is 11.5 Å². The molecule has 1 aromatic carbocycles. The summed E-state index contributed by atoms with van der Waals surface area (Å²) in [7, 11) is 0. The molecular formula is C19H26N2O4. The van der Waals surface area contributed by atoms with Gasteiger partial charge in [0, 0.05) is 32.1 Å². The van der Waals surface area contributed by atoms with Crippen molar-refractivity contribution in [3.8, 4) is 11.5 Å². The number of amides is 2. The van der Waals surface area contributed by atoms with Crippen molar-refractivity contribution in [3.05, 3.63) is 23.8 Å². The van der Waals surface area contributed by atoms with Crippen LogP contribution in [0.2, 0.25) is 0 Å². The van der Waals surface area contributed by atoms with Crippen LogP contribution in [0.15, 0.2) is 18.2 Å². The summed E-state index contributed by atoms with van der Waals surface area (Å²) < 4.78 is 11.0. The van der Waals surface area contributed by atoms with E-state index in [1.54, 1.807) is 4.90 Å². The van der Waals surface area contributed by atoms with Crippen molar-refractivity contribution >= 4 is 11.8 Å². The summed E-state index contributed by atoms with van der Waals surface area (Å²) >= 11 is 0. The molecule has 2 amide bonds. The largest absolute Gasteiger partial charge is 0.454 e. The zero-order valence-electron chi connectivity index (χ0n) is 15.2. The Labute approximate surface area is 148 Å². The highest BCUT2D eigenvalue weighted by Gasteiger charge is 2.35. The molecule has 2 aliphatic rings.